The Hall–Kier alpha value is -3.48. The monoisotopic (exact) mass is 478 g/mol. The summed E-state index contributed by atoms with van der Waals surface area (Å²) in [5.41, 5.74) is 2.39. The van der Waals surface area contributed by atoms with Gasteiger partial charge in [-0.25, -0.2) is 14.0 Å². The van der Waals surface area contributed by atoms with E-state index in [9.17, 15) is 9.00 Å². The third kappa shape index (κ3) is 6.06. The number of alkyl carbamates (subject to hydrolysis) is 1. The van der Waals surface area contributed by atoms with Crippen molar-refractivity contribution in [3.05, 3.63) is 88.4 Å². The van der Waals surface area contributed by atoms with Crippen molar-refractivity contribution in [2.24, 2.45) is 4.99 Å². The number of carbonyl (C=O) groups is 1. The molecule has 2 unspecified atom stereocenters. The van der Waals surface area contributed by atoms with Gasteiger partial charge in [0.05, 0.1) is 35.3 Å². The third-order valence-electron chi connectivity index (χ3n) is 4.82. The molecule has 1 aliphatic carbocycles. The van der Waals surface area contributed by atoms with Crippen LogP contribution in [-0.4, -0.2) is 40.6 Å². The molecule has 0 radical (unpaired) electrons. The summed E-state index contributed by atoms with van der Waals surface area (Å²) in [7, 11) is -0.288. The van der Waals surface area contributed by atoms with E-state index in [1.54, 1.807) is 42.7 Å². The maximum absolute atomic E-state index is 13.5. The summed E-state index contributed by atoms with van der Waals surface area (Å²) in [5, 5.41) is 20.4. The standard InChI is InChI=1S/C24H22N4O3S2/c1-31-24(29)28-23(32-2)27-22-19(14-16-6-4-3-5-7-16)21(13-12-20(22)26)33(30)18-10-8-17(15-25)9-11-18/h3-13,22,26H,14H2,1-2H3,(H,27,28,29). The van der Waals surface area contributed by atoms with Crippen LogP contribution in [0.1, 0.15) is 11.1 Å². The van der Waals surface area contributed by atoms with Gasteiger partial charge in [-0.3, -0.25) is 5.32 Å². The maximum atomic E-state index is 13.5. The van der Waals surface area contributed by atoms with E-state index >= 15 is 0 Å². The Morgan fingerprint density at radius 1 is 1.21 bits per heavy atom. The zero-order chi connectivity index (χ0) is 23.8. The normalized spacial score (nSPS) is 16.8. The first-order valence-electron chi connectivity index (χ1n) is 9.89. The van der Waals surface area contributed by atoms with Gasteiger partial charge in [0.15, 0.2) is 5.17 Å². The highest BCUT2D eigenvalue weighted by atomic mass is 32.2. The number of nitriles is 1. The molecule has 33 heavy (non-hydrogen) atoms. The number of aliphatic imine (C=N–C) groups is 1. The maximum Gasteiger partial charge on any atom is 0.412 e. The number of nitrogens with one attached hydrogen (secondary N) is 2. The predicted octanol–water partition coefficient (Wildman–Crippen LogP) is 4.20. The summed E-state index contributed by atoms with van der Waals surface area (Å²) in [6.07, 6.45) is 4.80. The smallest absolute Gasteiger partial charge is 0.412 e. The highest BCUT2D eigenvalue weighted by Crippen LogP contribution is 2.30. The Labute approximate surface area is 199 Å². The number of nitrogens with zero attached hydrogens (tertiary/aromatic N) is 2. The summed E-state index contributed by atoms with van der Waals surface area (Å²) >= 11 is 1.22. The van der Waals surface area contributed by atoms with Crippen molar-refractivity contribution in [2.45, 2.75) is 17.4 Å². The first-order valence-corrected chi connectivity index (χ1v) is 12.3. The molecule has 1 aliphatic rings. The van der Waals surface area contributed by atoms with Crippen molar-refractivity contribution in [2.75, 3.05) is 13.4 Å². The SMILES string of the molecule is COC(=O)NC(=NC1C(=N)C=CC(S(=O)c2ccc(C#N)cc2)=C1Cc1ccccc1)SC. The van der Waals surface area contributed by atoms with Crippen LogP contribution in [0.15, 0.2) is 87.1 Å². The van der Waals surface area contributed by atoms with Crippen molar-refractivity contribution in [1.82, 2.24) is 5.32 Å². The van der Waals surface area contributed by atoms with Gasteiger partial charge in [0, 0.05) is 9.80 Å². The first kappa shape index (κ1) is 24.2. The van der Waals surface area contributed by atoms with E-state index in [0.29, 0.717) is 32.5 Å². The van der Waals surface area contributed by atoms with Gasteiger partial charge in [-0.05, 0) is 60.2 Å². The summed E-state index contributed by atoms with van der Waals surface area (Å²) in [6.45, 7) is 0. The highest BCUT2D eigenvalue weighted by molar-refractivity contribution is 8.13. The number of amides is 1. The van der Waals surface area contributed by atoms with E-state index in [4.69, 9.17) is 10.7 Å². The lowest BCUT2D eigenvalue weighted by Gasteiger charge is -2.24. The summed E-state index contributed by atoms with van der Waals surface area (Å²) in [4.78, 5) is 17.4. The molecule has 168 valence electrons. The molecule has 3 rings (SSSR count). The van der Waals surface area contributed by atoms with E-state index in [0.717, 1.165) is 5.56 Å². The molecule has 0 spiro atoms. The van der Waals surface area contributed by atoms with Crippen LogP contribution in [0.3, 0.4) is 0 Å². The molecule has 0 aromatic heterocycles. The largest absolute Gasteiger partial charge is 0.453 e. The third-order valence-corrected chi connectivity index (χ3v) is 6.92. The molecule has 2 aromatic carbocycles. The van der Waals surface area contributed by atoms with Gasteiger partial charge < -0.3 is 10.1 Å². The van der Waals surface area contributed by atoms with Crippen LogP contribution in [-0.2, 0) is 22.0 Å². The molecule has 2 aromatic rings. The van der Waals surface area contributed by atoms with Crippen LogP contribution in [0.5, 0.6) is 0 Å². The molecular weight excluding hydrogens is 456 g/mol. The van der Waals surface area contributed by atoms with Crippen LogP contribution >= 0.6 is 11.8 Å². The minimum Gasteiger partial charge on any atom is -0.453 e. The number of amidine groups is 1. The predicted molar refractivity (Wildman–Crippen MR) is 132 cm³/mol. The molecule has 0 saturated heterocycles. The number of thioether (sulfide) groups is 1. The van der Waals surface area contributed by atoms with E-state index in [1.807, 2.05) is 30.3 Å². The molecule has 2 N–H and O–H groups in total. The van der Waals surface area contributed by atoms with Crippen LogP contribution in [0, 0.1) is 16.7 Å². The minimum absolute atomic E-state index is 0.222. The fourth-order valence-electron chi connectivity index (χ4n) is 3.19. The number of methoxy groups -OCH3 is 1. The molecule has 7 nitrogen and oxygen atoms in total. The topological polar surface area (TPSA) is 115 Å². The van der Waals surface area contributed by atoms with Gasteiger partial charge in [-0.15, -0.1) is 0 Å². The lowest BCUT2D eigenvalue weighted by Crippen LogP contribution is -2.32. The van der Waals surface area contributed by atoms with E-state index < -0.39 is 22.9 Å². The highest BCUT2D eigenvalue weighted by Gasteiger charge is 2.28. The molecule has 0 fully saturated rings. The Kier molecular flexibility index (Phi) is 8.35. The van der Waals surface area contributed by atoms with Gasteiger partial charge >= 0.3 is 6.09 Å². The second kappa shape index (κ2) is 11.4. The second-order valence-electron chi connectivity index (χ2n) is 6.90. The lowest BCUT2D eigenvalue weighted by molar-refractivity contribution is 0.177. The quantitative estimate of drug-likeness (QED) is 0.494. The van der Waals surface area contributed by atoms with E-state index in [-0.39, 0.29) is 5.71 Å². The Morgan fingerprint density at radius 2 is 1.91 bits per heavy atom. The van der Waals surface area contributed by atoms with Gasteiger partial charge in [0.25, 0.3) is 0 Å². The number of hydrogen-bond acceptors (Lipinski definition) is 7. The molecule has 0 aliphatic heterocycles. The van der Waals surface area contributed by atoms with Crippen molar-refractivity contribution in [3.63, 3.8) is 0 Å². The van der Waals surface area contributed by atoms with Crippen LogP contribution in [0.25, 0.3) is 0 Å². The van der Waals surface area contributed by atoms with Crippen molar-refractivity contribution in [3.8, 4) is 6.07 Å². The molecular formula is C24H22N4O3S2. The van der Waals surface area contributed by atoms with Gasteiger partial charge in [-0.2, -0.15) is 5.26 Å². The van der Waals surface area contributed by atoms with Gasteiger partial charge in [0.1, 0.15) is 6.04 Å². The minimum atomic E-state index is -1.55. The number of allylic oxidation sites excluding steroid dienone is 1. The molecule has 0 bridgehead atoms. The van der Waals surface area contributed by atoms with Gasteiger partial charge in [-0.1, -0.05) is 42.1 Å². The van der Waals surface area contributed by atoms with Crippen LogP contribution in [0.4, 0.5) is 4.79 Å². The number of benzene rings is 2. The lowest BCUT2D eigenvalue weighted by atomic mass is 9.92. The summed E-state index contributed by atoms with van der Waals surface area (Å²) < 4.78 is 18.2. The van der Waals surface area contributed by atoms with Crippen molar-refractivity contribution in [1.29, 1.82) is 10.7 Å². The average Bonchev–Trinajstić information content (AvgIpc) is 2.85. The zero-order valence-electron chi connectivity index (χ0n) is 18.1. The van der Waals surface area contributed by atoms with Crippen LogP contribution < -0.4 is 5.32 Å². The zero-order valence-corrected chi connectivity index (χ0v) is 19.7. The van der Waals surface area contributed by atoms with Gasteiger partial charge in [0.2, 0.25) is 0 Å². The van der Waals surface area contributed by atoms with Crippen molar-refractivity contribution >= 4 is 39.5 Å². The molecule has 0 saturated carbocycles. The fourth-order valence-corrected chi connectivity index (χ4v) is 4.83. The van der Waals surface area contributed by atoms with E-state index in [1.165, 1.54) is 18.9 Å². The summed E-state index contributed by atoms with van der Waals surface area (Å²) in [5.74, 6) is 0. The Bertz CT molecular complexity index is 1200. The average molecular weight is 479 g/mol. The number of ether oxygens (including phenoxy) is 1. The number of rotatable bonds is 5. The molecule has 2 atom stereocenters. The second-order valence-corrected chi connectivity index (χ2v) is 9.15. The number of hydrogen-bond donors (Lipinski definition) is 2. The Morgan fingerprint density at radius 3 is 2.52 bits per heavy atom. The Balaban J connectivity index is 2.10. The van der Waals surface area contributed by atoms with Crippen molar-refractivity contribution < 1.29 is 13.7 Å². The van der Waals surface area contributed by atoms with Crippen LogP contribution in [0.2, 0.25) is 0 Å². The molecule has 9 heteroatoms. The van der Waals surface area contributed by atoms with E-state index in [2.05, 4.69) is 21.1 Å². The molecule has 1 amide bonds. The molecule has 0 heterocycles. The first-order chi connectivity index (χ1) is 16.0. The number of carbonyl (C=O) groups excluding carboxylic acids is 1. The fraction of sp³-hybridized carbons (Fsp3) is 0.167. The summed E-state index contributed by atoms with van der Waals surface area (Å²) in [6, 6.07) is 17.6.